The van der Waals surface area contributed by atoms with Crippen LogP contribution in [0, 0.1) is 19.8 Å². The highest BCUT2D eigenvalue weighted by atomic mass is 31.2. The molecule has 3 atom stereocenters. The van der Waals surface area contributed by atoms with Gasteiger partial charge in [0, 0.05) is 22.8 Å². The van der Waals surface area contributed by atoms with Gasteiger partial charge in [0.25, 0.3) is 0 Å². The van der Waals surface area contributed by atoms with Crippen molar-refractivity contribution in [1.82, 2.24) is 0 Å². The van der Waals surface area contributed by atoms with Gasteiger partial charge < -0.3 is 15.0 Å². The van der Waals surface area contributed by atoms with Crippen molar-refractivity contribution in [3.63, 3.8) is 0 Å². The van der Waals surface area contributed by atoms with E-state index in [0.29, 0.717) is 0 Å². The highest BCUT2D eigenvalue weighted by molar-refractivity contribution is 7.78. The second kappa shape index (κ2) is 7.99. The highest BCUT2D eigenvalue weighted by Gasteiger charge is 2.33. The third kappa shape index (κ3) is 4.39. The van der Waals surface area contributed by atoms with E-state index in [2.05, 4.69) is 0 Å². The van der Waals surface area contributed by atoms with Gasteiger partial charge in [-0.05, 0) is 19.9 Å². The standard InChI is InChI=1S/C20H26NO3P/c1-14-8-10-17(11-9-14)25(23,18-7-5-6-15(2)12-18)13-19(21)16(3)20(22)24-4/h5-12,16,19H,13,21H2,1-4H3. The Hall–Kier alpha value is -1.90. The molecule has 2 rings (SSSR count). The molecule has 2 aromatic carbocycles. The molecule has 0 aliphatic carbocycles. The van der Waals surface area contributed by atoms with Gasteiger partial charge >= 0.3 is 5.97 Å². The van der Waals surface area contributed by atoms with Gasteiger partial charge in [0.15, 0.2) is 0 Å². The minimum atomic E-state index is -2.96. The molecule has 0 aromatic heterocycles. The van der Waals surface area contributed by atoms with Crippen LogP contribution in [0.15, 0.2) is 48.5 Å². The van der Waals surface area contributed by atoms with Gasteiger partial charge in [-0.15, -0.1) is 0 Å². The Kier molecular flexibility index (Phi) is 6.21. The summed E-state index contributed by atoms with van der Waals surface area (Å²) in [7, 11) is -1.62. The molecule has 0 amide bonds. The highest BCUT2D eigenvalue weighted by Crippen LogP contribution is 2.44. The van der Waals surface area contributed by atoms with E-state index in [1.54, 1.807) is 6.92 Å². The van der Waals surface area contributed by atoms with E-state index in [-0.39, 0.29) is 12.1 Å². The zero-order valence-electron chi connectivity index (χ0n) is 15.2. The molecule has 0 heterocycles. The molecule has 2 N–H and O–H groups in total. The second-order valence-electron chi connectivity index (χ2n) is 6.57. The summed E-state index contributed by atoms with van der Waals surface area (Å²) in [6.45, 7) is 5.68. The van der Waals surface area contributed by atoms with Crippen molar-refractivity contribution in [3.8, 4) is 0 Å². The molecule has 0 saturated heterocycles. The zero-order chi connectivity index (χ0) is 18.6. The van der Waals surface area contributed by atoms with Gasteiger partial charge in [-0.25, -0.2) is 0 Å². The quantitative estimate of drug-likeness (QED) is 0.636. The number of aryl methyl sites for hydroxylation is 2. The summed E-state index contributed by atoms with van der Waals surface area (Å²) in [6, 6.07) is 14.8. The first kappa shape index (κ1) is 19.4. The van der Waals surface area contributed by atoms with Crippen LogP contribution in [0.5, 0.6) is 0 Å². The lowest BCUT2D eigenvalue weighted by molar-refractivity contribution is -0.145. The smallest absolute Gasteiger partial charge is 0.309 e. The Bertz CT molecular complexity index is 786. The van der Waals surface area contributed by atoms with Crippen molar-refractivity contribution in [2.45, 2.75) is 26.8 Å². The minimum absolute atomic E-state index is 0.218. The Labute approximate surface area is 149 Å². The Morgan fingerprint density at radius 1 is 1.08 bits per heavy atom. The van der Waals surface area contributed by atoms with Crippen molar-refractivity contribution in [2.75, 3.05) is 13.3 Å². The van der Waals surface area contributed by atoms with Crippen molar-refractivity contribution in [2.24, 2.45) is 11.7 Å². The molecular weight excluding hydrogens is 333 g/mol. The SMILES string of the molecule is COC(=O)C(C)C(N)CP(=O)(c1ccc(C)cc1)c1cccc(C)c1. The monoisotopic (exact) mass is 359 g/mol. The normalized spacial score (nSPS) is 15.9. The summed E-state index contributed by atoms with van der Waals surface area (Å²) in [5.74, 6) is -0.902. The van der Waals surface area contributed by atoms with Crippen molar-refractivity contribution in [1.29, 1.82) is 0 Å². The van der Waals surface area contributed by atoms with Crippen molar-refractivity contribution < 1.29 is 14.1 Å². The fourth-order valence-electron chi connectivity index (χ4n) is 2.81. The van der Waals surface area contributed by atoms with Crippen LogP contribution in [-0.4, -0.2) is 25.3 Å². The summed E-state index contributed by atoms with van der Waals surface area (Å²) in [5.41, 5.74) is 8.39. The molecule has 0 aliphatic rings. The third-order valence-electron chi connectivity index (χ3n) is 4.55. The third-order valence-corrected chi connectivity index (χ3v) is 7.73. The lowest BCUT2D eigenvalue weighted by Crippen LogP contribution is -2.39. The van der Waals surface area contributed by atoms with Crippen LogP contribution in [-0.2, 0) is 14.1 Å². The summed E-state index contributed by atoms with van der Waals surface area (Å²) in [4.78, 5) is 11.8. The number of carbonyl (C=O) groups excluding carboxylic acids is 1. The van der Waals surface area contributed by atoms with Crippen LogP contribution < -0.4 is 16.3 Å². The van der Waals surface area contributed by atoms with E-state index in [0.717, 1.165) is 21.7 Å². The topological polar surface area (TPSA) is 69.4 Å². The van der Waals surface area contributed by atoms with E-state index in [1.165, 1.54) is 7.11 Å². The zero-order valence-corrected chi connectivity index (χ0v) is 16.1. The molecular formula is C20H26NO3P. The van der Waals surface area contributed by atoms with Crippen molar-refractivity contribution >= 4 is 23.7 Å². The molecule has 3 unspecified atom stereocenters. The van der Waals surface area contributed by atoms with Crippen LogP contribution in [0.25, 0.3) is 0 Å². The van der Waals surface area contributed by atoms with Gasteiger partial charge in [0.1, 0.15) is 7.14 Å². The maximum absolute atomic E-state index is 14.1. The molecule has 0 aliphatic heterocycles. The molecule has 0 radical (unpaired) electrons. The predicted molar refractivity (Wildman–Crippen MR) is 103 cm³/mol. The largest absolute Gasteiger partial charge is 0.469 e. The van der Waals surface area contributed by atoms with Gasteiger partial charge in [0.2, 0.25) is 0 Å². The number of hydrogen-bond donors (Lipinski definition) is 1. The second-order valence-corrected chi connectivity index (χ2v) is 9.45. The van der Waals surface area contributed by atoms with Crippen LogP contribution in [0.1, 0.15) is 18.1 Å². The Morgan fingerprint density at radius 3 is 2.28 bits per heavy atom. The van der Waals surface area contributed by atoms with E-state index in [9.17, 15) is 9.36 Å². The van der Waals surface area contributed by atoms with Crippen LogP contribution >= 0.6 is 7.14 Å². The van der Waals surface area contributed by atoms with Crippen LogP contribution in [0.3, 0.4) is 0 Å². The number of esters is 1. The fourth-order valence-corrected chi connectivity index (χ4v) is 5.81. The molecule has 5 heteroatoms. The summed E-state index contributed by atoms with van der Waals surface area (Å²) >= 11 is 0. The number of carbonyl (C=O) groups is 1. The Morgan fingerprint density at radius 2 is 1.72 bits per heavy atom. The van der Waals surface area contributed by atoms with Crippen molar-refractivity contribution in [3.05, 3.63) is 59.7 Å². The first-order valence-electron chi connectivity index (χ1n) is 8.35. The number of nitrogens with two attached hydrogens (primary N) is 1. The molecule has 0 bridgehead atoms. The van der Waals surface area contributed by atoms with E-state index < -0.39 is 19.1 Å². The summed E-state index contributed by atoms with van der Waals surface area (Å²) < 4.78 is 18.9. The van der Waals surface area contributed by atoms with Gasteiger partial charge in [0.05, 0.1) is 13.0 Å². The van der Waals surface area contributed by atoms with Crippen LogP contribution in [0.2, 0.25) is 0 Å². The number of benzene rings is 2. The number of methoxy groups -OCH3 is 1. The lowest BCUT2D eigenvalue weighted by atomic mass is 10.1. The van der Waals surface area contributed by atoms with E-state index in [4.69, 9.17) is 10.5 Å². The van der Waals surface area contributed by atoms with E-state index in [1.807, 2.05) is 62.4 Å². The molecule has 0 spiro atoms. The Balaban J connectivity index is 2.47. The maximum Gasteiger partial charge on any atom is 0.309 e. The molecule has 0 fully saturated rings. The summed E-state index contributed by atoms with van der Waals surface area (Å²) in [6.07, 6.45) is 0.218. The van der Waals surface area contributed by atoms with Gasteiger partial charge in [-0.1, -0.05) is 60.5 Å². The lowest BCUT2D eigenvalue weighted by Gasteiger charge is -2.25. The first-order valence-corrected chi connectivity index (χ1v) is 10.2. The average molecular weight is 359 g/mol. The molecule has 2 aromatic rings. The number of rotatable bonds is 6. The molecule has 4 nitrogen and oxygen atoms in total. The van der Waals surface area contributed by atoms with Gasteiger partial charge in [-0.3, -0.25) is 4.79 Å². The predicted octanol–water partition coefficient (Wildman–Crippen LogP) is 2.75. The number of hydrogen-bond acceptors (Lipinski definition) is 4. The molecule has 134 valence electrons. The molecule has 25 heavy (non-hydrogen) atoms. The molecule has 0 saturated carbocycles. The fraction of sp³-hybridized carbons (Fsp3) is 0.350. The number of ether oxygens (including phenoxy) is 1. The van der Waals surface area contributed by atoms with Gasteiger partial charge in [-0.2, -0.15) is 0 Å². The minimum Gasteiger partial charge on any atom is -0.469 e. The van der Waals surface area contributed by atoms with E-state index >= 15 is 0 Å². The summed E-state index contributed by atoms with van der Waals surface area (Å²) in [5, 5.41) is 1.53. The maximum atomic E-state index is 14.1. The van der Waals surface area contributed by atoms with Crippen LogP contribution in [0.4, 0.5) is 0 Å². The first-order chi connectivity index (χ1) is 11.8. The average Bonchev–Trinajstić information content (AvgIpc) is 2.60.